The van der Waals surface area contributed by atoms with E-state index in [0.29, 0.717) is 5.75 Å². The van der Waals surface area contributed by atoms with Gasteiger partial charge in [-0.15, -0.1) is 0 Å². The predicted octanol–water partition coefficient (Wildman–Crippen LogP) is 0.925. The van der Waals surface area contributed by atoms with Gasteiger partial charge in [0.1, 0.15) is 0 Å². The number of nitrogens with one attached hydrogen (secondary N) is 1. The van der Waals surface area contributed by atoms with Crippen LogP contribution < -0.4 is 5.32 Å². The van der Waals surface area contributed by atoms with Crippen LogP contribution in [0.3, 0.4) is 0 Å². The van der Waals surface area contributed by atoms with Gasteiger partial charge in [-0.3, -0.25) is 9.20 Å². The molecule has 0 aromatic heterocycles. The van der Waals surface area contributed by atoms with Crippen molar-refractivity contribution in [3.05, 3.63) is 0 Å². The average molecular weight is 202 g/mol. The third-order valence-corrected chi connectivity index (χ3v) is 2.99. The Balaban J connectivity index is 2.30. The first-order chi connectivity index (χ1) is 6.18. The van der Waals surface area contributed by atoms with Crippen LogP contribution in [0, 0.1) is 0 Å². The Hall–Kier alpha value is -0.380. The Morgan fingerprint density at radius 2 is 2.38 bits per heavy atom. The predicted molar refractivity (Wildman–Crippen MR) is 57.7 cm³/mol. The van der Waals surface area contributed by atoms with Crippen LogP contribution in [0.1, 0.15) is 26.2 Å². The van der Waals surface area contributed by atoms with Crippen molar-refractivity contribution in [3.8, 4) is 0 Å². The molecule has 1 aliphatic rings. The quantitative estimate of drug-likeness (QED) is 0.739. The summed E-state index contributed by atoms with van der Waals surface area (Å²) < 4.78 is 10.9. The molecule has 2 atom stereocenters. The number of nitrogens with zero attached hydrogens (tertiary/aromatic N) is 1. The molecule has 2 unspecified atom stereocenters. The summed E-state index contributed by atoms with van der Waals surface area (Å²) in [6.07, 6.45) is 5.23. The SMILES string of the molecule is CC(CS(C)=O)NC1=NCCCC1. The fraction of sp³-hybridized carbons (Fsp3) is 0.889. The highest BCUT2D eigenvalue weighted by atomic mass is 32.2. The molecular weight excluding hydrogens is 184 g/mol. The second-order valence-corrected chi connectivity index (χ2v) is 5.05. The summed E-state index contributed by atoms with van der Waals surface area (Å²) in [7, 11) is -0.717. The first-order valence-electron chi connectivity index (χ1n) is 4.78. The Bertz CT molecular complexity index is 216. The van der Waals surface area contributed by atoms with Gasteiger partial charge in [-0.25, -0.2) is 0 Å². The molecule has 0 fully saturated rings. The van der Waals surface area contributed by atoms with Crippen LogP contribution in [0.4, 0.5) is 0 Å². The monoisotopic (exact) mass is 202 g/mol. The van der Waals surface area contributed by atoms with Crippen LogP contribution in [0.15, 0.2) is 4.99 Å². The van der Waals surface area contributed by atoms with E-state index in [-0.39, 0.29) is 6.04 Å². The standard InChI is InChI=1S/C9H18N2OS/c1-8(7-13(2)12)11-9-5-3-4-6-10-9/h8H,3-7H2,1-2H3,(H,10,11). The third-order valence-electron chi connectivity index (χ3n) is 2.02. The molecule has 0 aromatic carbocycles. The topological polar surface area (TPSA) is 41.5 Å². The number of aliphatic imine (C=N–C) groups is 1. The number of hydrogen-bond donors (Lipinski definition) is 1. The molecule has 4 heteroatoms. The van der Waals surface area contributed by atoms with Gasteiger partial charge in [0.25, 0.3) is 0 Å². The minimum atomic E-state index is -0.717. The summed E-state index contributed by atoms with van der Waals surface area (Å²) in [6, 6.07) is 0.280. The maximum absolute atomic E-state index is 10.9. The lowest BCUT2D eigenvalue weighted by Crippen LogP contribution is -2.37. The van der Waals surface area contributed by atoms with Gasteiger partial charge in [0.15, 0.2) is 0 Å². The molecule has 0 spiro atoms. The van der Waals surface area contributed by atoms with Gasteiger partial charge in [0.2, 0.25) is 0 Å². The normalized spacial score (nSPS) is 21.8. The molecule has 0 radical (unpaired) electrons. The molecule has 0 amide bonds. The molecule has 0 saturated heterocycles. The zero-order valence-corrected chi connectivity index (χ0v) is 9.19. The van der Waals surface area contributed by atoms with E-state index in [0.717, 1.165) is 18.8 Å². The highest BCUT2D eigenvalue weighted by Crippen LogP contribution is 2.04. The molecular formula is C9H18N2OS. The first-order valence-corrected chi connectivity index (χ1v) is 6.51. The molecule has 1 rings (SSSR count). The van der Waals surface area contributed by atoms with E-state index in [2.05, 4.69) is 17.2 Å². The van der Waals surface area contributed by atoms with Crippen LogP contribution in [0.25, 0.3) is 0 Å². The van der Waals surface area contributed by atoms with E-state index in [4.69, 9.17) is 0 Å². The maximum atomic E-state index is 10.9. The number of amidine groups is 1. The van der Waals surface area contributed by atoms with Gasteiger partial charge in [0.05, 0.1) is 5.84 Å². The molecule has 0 bridgehead atoms. The van der Waals surface area contributed by atoms with E-state index in [9.17, 15) is 4.21 Å². The first kappa shape index (κ1) is 10.7. The lowest BCUT2D eigenvalue weighted by atomic mass is 10.2. The summed E-state index contributed by atoms with van der Waals surface area (Å²) in [5.41, 5.74) is 0. The van der Waals surface area contributed by atoms with Crippen LogP contribution in [-0.4, -0.2) is 34.6 Å². The lowest BCUT2D eigenvalue weighted by Gasteiger charge is -2.18. The Morgan fingerprint density at radius 3 is 2.92 bits per heavy atom. The second-order valence-electron chi connectivity index (χ2n) is 3.57. The summed E-state index contributed by atoms with van der Waals surface area (Å²) >= 11 is 0. The van der Waals surface area contributed by atoms with Crippen molar-refractivity contribution in [3.63, 3.8) is 0 Å². The van der Waals surface area contributed by atoms with Gasteiger partial charge in [-0.05, 0) is 19.8 Å². The van der Waals surface area contributed by atoms with Crippen molar-refractivity contribution < 1.29 is 4.21 Å². The largest absolute Gasteiger partial charge is 0.370 e. The summed E-state index contributed by atoms with van der Waals surface area (Å²) in [5.74, 6) is 1.81. The lowest BCUT2D eigenvalue weighted by molar-refractivity contribution is 0.652. The Kier molecular flexibility index (Phi) is 4.42. The van der Waals surface area contributed by atoms with Crippen LogP contribution in [0.2, 0.25) is 0 Å². The Morgan fingerprint density at radius 1 is 1.62 bits per heavy atom. The summed E-state index contributed by atoms with van der Waals surface area (Å²) in [5, 5.41) is 3.31. The summed E-state index contributed by atoms with van der Waals surface area (Å²) in [6.45, 7) is 3.00. The van der Waals surface area contributed by atoms with Crippen molar-refractivity contribution in [1.82, 2.24) is 5.32 Å². The molecule has 13 heavy (non-hydrogen) atoms. The molecule has 1 N–H and O–H groups in total. The van der Waals surface area contributed by atoms with Crippen molar-refractivity contribution in [2.75, 3.05) is 18.6 Å². The number of hydrogen-bond acceptors (Lipinski definition) is 3. The van der Waals surface area contributed by atoms with Gasteiger partial charge < -0.3 is 5.32 Å². The van der Waals surface area contributed by atoms with Gasteiger partial charge in [0, 0.05) is 41.8 Å². The van der Waals surface area contributed by atoms with E-state index in [1.165, 1.54) is 12.8 Å². The smallest absolute Gasteiger partial charge is 0.0965 e. The van der Waals surface area contributed by atoms with Gasteiger partial charge in [-0.1, -0.05) is 0 Å². The molecule has 1 heterocycles. The van der Waals surface area contributed by atoms with Crippen LogP contribution >= 0.6 is 0 Å². The Labute approximate surface area is 82.5 Å². The van der Waals surface area contributed by atoms with Crippen molar-refractivity contribution in [2.45, 2.75) is 32.2 Å². The zero-order valence-electron chi connectivity index (χ0n) is 8.38. The highest BCUT2D eigenvalue weighted by molar-refractivity contribution is 7.84. The van der Waals surface area contributed by atoms with Gasteiger partial charge in [-0.2, -0.15) is 0 Å². The van der Waals surface area contributed by atoms with E-state index in [1.54, 1.807) is 6.26 Å². The molecule has 0 saturated carbocycles. The molecule has 76 valence electrons. The maximum Gasteiger partial charge on any atom is 0.0965 e. The van der Waals surface area contributed by atoms with Crippen molar-refractivity contribution >= 4 is 16.6 Å². The minimum Gasteiger partial charge on any atom is -0.370 e. The van der Waals surface area contributed by atoms with E-state index < -0.39 is 10.8 Å². The minimum absolute atomic E-state index is 0.280. The van der Waals surface area contributed by atoms with E-state index >= 15 is 0 Å². The zero-order chi connectivity index (χ0) is 9.68. The fourth-order valence-electron chi connectivity index (χ4n) is 1.49. The number of rotatable bonds is 3. The van der Waals surface area contributed by atoms with Crippen molar-refractivity contribution in [1.29, 1.82) is 0 Å². The molecule has 3 nitrogen and oxygen atoms in total. The second kappa shape index (κ2) is 5.37. The van der Waals surface area contributed by atoms with Crippen LogP contribution in [0.5, 0.6) is 0 Å². The highest BCUT2D eigenvalue weighted by Gasteiger charge is 2.09. The van der Waals surface area contributed by atoms with Gasteiger partial charge >= 0.3 is 0 Å². The average Bonchev–Trinajstić information content (AvgIpc) is 2.04. The molecule has 0 aliphatic carbocycles. The van der Waals surface area contributed by atoms with E-state index in [1.807, 2.05) is 0 Å². The van der Waals surface area contributed by atoms with Crippen LogP contribution in [-0.2, 0) is 10.8 Å². The third kappa shape index (κ3) is 4.41. The summed E-state index contributed by atoms with van der Waals surface area (Å²) in [4.78, 5) is 4.38. The molecule has 1 aliphatic heterocycles. The fourth-order valence-corrected chi connectivity index (χ4v) is 2.28. The van der Waals surface area contributed by atoms with Crippen molar-refractivity contribution in [2.24, 2.45) is 4.99 Å². The molecule has 0 aromatic rings.